The van der Waals surface area contributed by atoms with Gasteiger partial charge >= 0.3 is 0 Å². The van der Waals surface area contributed by atoms with Crippen molar-refractivity contribution in [1.82, 2.24) is 19.9 Å². The zero-order chi connectivity index (χ0) is 31.1. The molecule has 0 aliphatic heterocycles. The fourth-order valence-electron chi connectivity index (χ4n) is 4.58. The van der Waals surface area contributed by atoms with Crippen molar-refractivity contribution in [1.29, 1.82) is 0 Å². The predicted molar refractivity (Wildman–Crippen MR) is 174 cm³/mol. The Morgan fingerprint density at radius 1 is 0.884 bits per heavy atom. The molecular weight excluding hydrogens is 579 g/mol. The van der Waals surface area contributed by atoms with Gasteiger partial charge in [0, 0.05) is 36.8 Å². The van der Waals surface area contributed by atoms with E-state index in [0.29, 0.717) is 51.3 Å². The molecule has 0 radical (unpaired) electrons. The quantitative estimate of drug-likeness (QED) is 0.111. The van der Waals surface area contributed by atoms with Gasteiger partial charge in [0.15, 0.2) is 5.78 Å². The molecule has 2 saturated carbocycles. The van der Waals surface area contributed by atoms with Gasteiger partial charge in [0.05, 0.1) is 5.69 Å². The largest absolute Gasteiger partial charge is 0.409 e. The number of pyridine rings is 4. The molecule has 43 heavy (non-hydrogen) atoms. The zero-order valence-corrected chi connectivity index (χ0v) is 26.5. The molecule has 0 spiro atoms. The Morgan fingerprint density at radius 3 is 1.95 bits per heavy atom. The molecule has 0 amide bonds. The highest BCUT2D eigenvalue weighted by atomic mass is 32.1. The van der Waals surface area contributed by atoms with Crippen LogP contribution in [0.25, 0.3) is 0 Å². The molecule has 224 valence electrons. The average molecular weight is 616 g/mol. The van der Waals surface area contributed by atoms with Crippen molar-refractivity contribution in [3.8, 4) is 5.88 Å². The van der Waals surface area contributed by atoms with Crippen molar-refractivity contribution in [2.45, 2.75) is 71.6 Å². The maximum absolute atomic E-state index is 12.5. The number of nitrogen functional groups attached to an aromatic ring is 1. The van der Waals surface area contributed by atoms with Gasteiger partial charge in [-0.05, 0) is 111 Å². The lowest BCUT2D eigenvalue weighted by atomic mass is 10.0. The molecule has 2 aliphatic carbocycles. The number of rotatable bonds is 7. The van der Waals surface area contributed by atoms with Crippen LogP contribution in [-0.4, -0.2) is 32.2 Å². The molecule has 4 aromatic heterocycles. The fraction of sp³-hybridized carbons (Fsp3) is 0.333. The summed E-state index contributed by atoms with van der Waals surface area (Å²) in [6.07, 6.45) is 12.6. The molecular formula is C33H37N5O3S2. The summed E-state index contributed by atoms with van der Waals surface area (Å²) in [7, 11) is 0. The molecule has 10 heteroatoms. The molecule has 2 fully saturated rings. The maximum atomic E-state index is 12.5. The van der Waals surface area contributed by atoms with Gasteiger partial charge in [0.1, 0.15) is 15.0 Å². The minimum atomic E-state index is 0.0277. The number of nitrogens with zero attached hydrogens (tertiary/aromatic N) is 2. The standard InChI is InChI=1S/C17H18N2OS.C10H11NO2.C6H8N2S/c1-10-5-13(17(21)19-8-10)7-15(20)16-11(2)6-14(9-18-16)12-3-4-12;1-7-4-9(8-2-3-8)5-11-10(7)13-6-12;1-4-2-5(7)6(9)8-3-4/h5-6,8-9,12H,3-4,7H2,1-2H3,(H,19,21);4-6,8H,2-3H2,1H3;2-3H,7H2,1H3,(H,8,9). The number of carbonyl (C=O) groups is 2. The van der Waals surface area contributed by atoms with Crippen LogP contribution < -0.4 is 10.5 Å². The van der Waals surface area contributed by atoms with E-state index < -0.39 is 0 Å². The molecule has 6 rings (SSSR count). The van der Waals surface area contributed by atoms with Crippen molar-refractivity contribution >= 4 is 42.4 Å². The van der Waals surface area contributed by atoms with E-state index in [4.69, 9.17) is 34.9 Å². The van der Waals surface area contributed by atoms with Gasteiger partial charge in [-0.25, -0.2) is 4.98 Å². The number of carbonyl (C=O) groups excluding carboxylic acids is 2. The first kappa shape index (κ1) is 31.9. The first-order valence-corrected chi connectivity index (χ1v) is 15.1. The Morgan fingerprint density at radius 2 is 1.44 bits per heavy atom. The van der Waals surface area contributed by atoms with Gasteiger partial charge in [0.25, 0.3) is 6.47 Å². The van der Waals surface area contributed by atoms with Crippen molar-refractivity contribution in [2.24, 2.45) is 0 Å². The van der Waals surface area contributed by atoms with Crippen LogP contribution >= 0.6 is 24.4 Å². The van der Waals surface area contributed by atoms with Crippen molar-refractivity contribution < 1.29 is 14.3 Å². The number of hydrogen-bond donors (Lipinski definition) is 3. The lowest BCUT2D eigenvalue weighted by Crippen LogP contribution is -2.09. The Balaban J connectivity index is 0.000000163. The molecule has 4 N–H and O–H groups in total. The van der Waals surface area contributed by atoms with Crippen LogP contribution in [0.2, 0.25) is 0 Å². The summed E-state index contributed by atoms with van der Waals surface area (Å²) in [5.41, 5.74) is 14.1. The van der Waals surface area contributed by atoms with Crippen LogP contribution in [0.15, 0.2) is 49.1 Å². The van der Waals surface area contributed by atoms with E-state index in [1.165, 1.54) is 36.8 Å². The van der Waals surface area contributed by atoms with Gasteiger partial charge in [0.2, 0.25) is 5.88 Å². The van der Waals surface area contributed by atoms with Crippen LogP contribution in [0.4, 0.5) is 5.69 Å². The third kappa shape index (κ3) is 9.23. The monoisotopic (exact) mass is 615 g/mol. The van der Waals surface area contributed by atoms with Crippen LogP contribution in [0.5, 0.6) is 5.88 Å². The minimum absolute atomic E-state index is 0.0277. The average Bonchev–Trinajstić information content (AvgIpc) is 3.88. The van der Waals surface area contributed by atoms with Crippen molar-refractivity contribution in [3.63, 3.8) is 0 Å². The Labute approximate surface area is 262 Å². The molecule has 0 saturated heterocycles. The number of ether oxygens (including phenoxy) is 1. The number of H-pyrrole nitrogens is 2. The molecule has 4 heterocycles. The van der Waals surface area contributed by atoms with E-state index >= 15 is 0 Å². The van der Waals surface area contributed by atoms with Gasteiger partial charge in [-0.3, -0.25) is 14.6 Å². The van der Waals surface area contributed by atoms with Gasteiger partial charge < -0.3 is 20.4 Å². The fourth-order valence-corrected chi connectivity index (χ4v) is 4.89. The number of nitrogens with two attached hydrogens (primary N) is 1. The first-order valence-electron chi connectivity index (χ1n) is 14.2. The van der Waals surface area contributed by atoms with Crippen LogP contribution in [0.1, 0.15) is 87.0 Å². The number of aryl methyl sites for hydroxylation is 4. The Kier molecular flexibility index (Phi) is 10.7. The summed E-state index contributed by atoms with van der Waals surface area (Å²) in [5, 5.41) is 0. The second-order valence-electron chi connectivity index (χ2n) is 11.2. The van der Waals surface area contributed by atoms with Gasteiger partial charge in [-0.15, -0.1) is 0 Å². The van der Waals surface area contributed by atoms with E-state index in [9.17, 15) is 9.59 Å². The topological polar surface area (TPSA) is 127 Å². The predicted octanol–water partition coefficient (Wildman–Crippen LogP) is 7.50. The number of aromatic nitrogens is 4. The number of ketones is 1. The zero-order valence-electron chi connectivity index (χ0n) is 24.9. The van der Waals surface area contributed by atoms with Crippen molar-refractivity contribution in [2.75, 3.05) is 5.73 Å². The lowest BCUT2D eigenvalue weighted by molar-refractivity contribution is -0.121. The molecule has 2 aliphatic rings. The summed E-state index contributed by atoms with van der Waals surface area (Å²) in [4.78, 5) is 36.9. The summed E-state index contributed by atoms with van der Waals surface area (Å²) < 4.78 is 5.94. The second-order valence-corrected chi connectivity index (χ2v) is 12.0. The molecule has 0 atom stereocenters. The van der Waals surface area contributed by atoms with E-state index in [1.54, 1.807) is 6.20 Å². The van der Waals surface area contributed by atoms with Gasteiger partial charge in [-0.2, -0.15) is 0 Å². The summed E-state index contributed by atoms with van der Waals surface area (Å²) in [6.45, 7) is 8.21. The van der Waals surface area contributed by atoms with Gasteiger partial charge in [-0.1, -0.05) is 36.6 Å². The van der Waals surface area contributed by atoms with Crippen LogP contribution in [0.3, 0.4) is 0 Å². The second kappa shape index (κ2) is 14.4. The highest BCUT2D eigenvalue weighted by Crippen LogP contribution is 2.41. The Bertz CT molecular complexity index is 1740. The number of anilines is 1. The van der Waals surface area contributed by atoms with E-state index in [-0.39, 0.29) is 5.78 Å². The highest BCUT2D eigenvalue weighted by Gasteiger charge is 2.25. The molecule has 0 unspecified atom stereocenters. The van der Waals surface area contributed by atoms with E-state index in [1.807, 2.05) is 64.5 Å². The maximum Gasteiger partial charge on any atom is 0.299 e. The Hall–Kier alpha value is -4.02. The molecule has 0 bridgehead atoms. The van der Waals surface area contributed by atoms with Crippen LogP contribution in [-0.2, 0) is 11.2 Å². The highest BCUT2D eigenvalue weighted by molar-refractivity contribution is 7.71. The molecule has 8 nitrogen and oxygen atoms in total. The summed E-state index contributed by atoms with van der Waals surface area (Å²) in [5.74, 6) is 1.79. The third-order valence-corrected chi connectivity index (χ3v) is 7.96. The van der Waals surface area contributed by atoms with Crippen LogP contribution in [0, 0.1) is 37.0 Å². The molecule has 0 aromatic carbocycles. The summed E-state index contributed by atoms with van der Waals surface area (Å²) in [6, 6.07) is 7.96. The minimum Gasteiger partial charge on any atom is -0.409 e. The number of hydrogen-bond acceptors (Lipinski definition) is 8. The number of Topliss-reactive ketones (excluding diaryl/α,β-unsaturated/α-hetero) is 1. The number of aromatic amines is 2. The third-order valence-electron chi connectivity index (χ3n) is 7.22. The van der Waals surface area contributed by atoms with E-state index in [0.717, 1.165) is 27.8 Å². The lowest BCUT2D eigenvalue weighted by Gasteiger charge is -2.07. The van der Waals surface area contributed by atoms with E-state index in [2.05, 4.69) is 26.0 Å². The normalized spacial score (nSPS) is 13.6. The number of nitrogens with one attached hydrogen (secondary N) is 2. The molecule has 4 aromatic rings. The first-order chi connectivity index (χ1) is 20.5. The van der Waals surface area contributed by atoms with Crippen molar-refractivity contribution in [3.05, 3.63) is 103 Å². The SMILES string of the molecule is Cc1c[nH]c(=S)c(CC(=O)c2ncc(C3CC3)cc2C)c1.Cc1c[nH]c(=S)c(N)c1.Cc1cc(C2CC2)cnc1OC=O. The smallest absolute Gasteiger partial charge is 0.299 e. The summed E-state index contributed by atoms with van der Waals surface area (Å²) >= 11 is 10.1.